The number of hydrogen-bond donors (Lipinski definition) is 1. The number of aryl methyl sites for hydroxylation is 1. The molecule has 0 radical (unpaired) electrons. The van der Waals surface area contributed by atoms with Crippen LogP contribution in [0, 0.1) is 6.92 Å². The lowest BCUT2D eigenvalue weighted by Crippen LogP contribution is -1.85. The third-order valence-electron chi connectivity index (χ3n) is 2.13. The highest BCUT2D eigenvalue weighted by atomic mass is 14.9. The molecule has 1 aromatic heterocycles. The second kappa shape index (κ2) is 10.3. The third kappa shape index (κ3) is 7.84. The molecule has 1 heterocycles. The number of aromatic nitrogens is 2. The van der Waals surface area contributed by atoms with Gasteiger partial charge in [0.05, 0.1) is 0 Å². The van der Waals surface area contributed by atoms with E-state index in [9.17, 15) is 0 Å². The zero-order chi connectivity index (χ0) is 10.6. The van der Waals surface area contributed by atoms with Crippen LogP contribution in [-0.2, 0) is 0 Å². The van der Waals surface area contributed by atoms with E-state index < -0.39 is 0 Å². The topological polar surface area (TPSA) is 28.7 Å². The van der Waals surface area contributed by atoms with E-state index in [2.05, 4.69) is 9.97 Å². The first-order valence-electron chi connectivity index (χ1n) is 5.85. The van der Waals surface area contributed by atoms with Crippen molar-refractivity contribution in [3.63, 3.8) is 0 Å². The molecule has 1 aliphatic carbocycles. The minimum Gasteiger partial charge on any atom is -0.349 e. The van der Waals surface area contributed by atoms with Crippen molar-refractivity contribution in [2.45, 2.75) is 59.3 Å². The molecular weight excluding hydrogens is 172 g/mol. The van der Waals surface area contributed by atoms with Crippen LogP contribution in [0.25, 0.3) is 0 Å². The molecule has 2 heteroatoms. The van der Waals surface area contributed by atoms with Crippen LogP contribution in [0.15, 0.2) is 12.4 Å². The number of H-pyrrole nitrogens is 1. The van der Waals surface area contributed by atoms with Gasteiger partial charge in [-0.05, 0) is 6.92 Å². The predicted octanol–water partition coefficient (Wildman–Crippen LogP) is 4.08. The summed E-state index contributed by atoms with van der Waals surface area (Å²) in [6.07, 6.45) is 12.5. The van der Waals surface area contributed by atoms with Crippen LogP contribution < -0.4 is 0 Å². The fraction of sp³-hybridized carbons (Fsp3) is 0.750. The van der Waals surface area contributed by atoms with E-state index in [0.717, 1.165) is 5.82 Å². The maximum absolute atomic E-state index is 3.86. The van der Waals surface area contributed by atoms with Crippen LogP contribution >= 0.6 is 0 Å². The van der Waals surface area contributed by atoms with E-state index >= 15 is 0 Å². The Morgan fingerprint density at radius 1 is 1.00 bits per heavy atom. The van der Waals surface area contributed by atoms with E-state index in [1.165, 1.54) is 38.5 Å². The van der Waals surface area contributed by atoms with Gasteiger partial charge in [-0.15, -0.1) is 0 Å². The maximum Gasteiger partial charge on any atom is 0.102 e. The van der Waals surface area contributed by atoms with Crippen molar-refractivity contribution in [2.75, 3.05) is 0 Å². The maximum atomic E-state index is 3.86. The van der Waals surface area contributed by atoms with Gasteiger partial charge in [0.25, 0.3) is 0 Å². The average molecular weight is 196 g/mol. The Morgan fingerprint density at radius 3 is 1.57 bits per heavy atom. The summed E-state index contributed by atoms with van der Waals surface area (Å²) in [4.78, 5) is 6.75. The minimum atomic E-state index is 0.968. The summed E-state index contributed by atoms with van der Waals surface area (Å²) in [6.45, 7) is 5.92. The van der Waals surface area contributed by atoms with Gasteiger partial charge in [-0.2, -0.15) is 0 Å². The predicted molar refractivity (Wildman–Crippen MR) is 62.4 cm³/mol. The van der Waals surface area contributed by atoms with Crippen LogP contribution in [0.2, 0.25) is 0 Å². The van der Waals surface area contributed by atoms with Crippen LogP contribution in [0.1, 0.15) is 58.2 Å². The smallest absolute Gasteiger partial charge is 0.102 e. The lowest BCUT2D eigenvalue weighted by atomic mass is 10.0. The summed E-state index contributed by atoms with van der Waals surface area (Å²) in [5.74, 6) is 0.968. The van der Waals surface area contributed by atoms with Gasteiger partial charge in [0, 0.05) is 12.4 Å². The molecule has 0 unspecified atom stereocenters. The summed E-state index contributed by atoms with van der Waals surface area (Å²) < 4.78 is 0. The van der Waals surface area contributed by atoms with Crippen LogP contribution in [0.4, 0.5) is 0 Å². The summed E-state index contributed by atoms with van der Waals surface area (Å²) in [5.41, 5.74) is 0. The first kappa shape index (κ1) is 13.2. The largest absolute Gasteiger partial charge is 0.349 e. The lowest BCUT2D eigenvalue weighted by Gasteiger charge is -2.05. The molecule has 0 amide bonds. The monoisotopic (exact) mass is 196 g/mol. The summed E-state index contributed by atoms with van der Waals surface area (Å²) in [6, 6.07) is 0. The number of rotatable bonds is 0. The van der Waals surface area contributed by atoms with Crippen molar-refractivity contribution in [3.8, 4) is 0 Å². The van der Waals surface area contributed by atoms with E-state index in [-0.39, 0.29) is 0 Å². The molecule has 1 aromatic rings. The first-order chi connectivity index (χ1) is 6.89. The van der Waals surface area contributed by atoms with E-state index in [1.807, 2.05) is 20.8 Å². The lowest BCUT2D eigenvalue weighted by molar-refractivity contribution is 0.504. The molecule has 0 aromatic carbocycles. The Balaban J connectivity index is 0.000000206. The van der Waals surface area contributed by atoms with E-state index in [0.29, 0.717) is 0 Å². The van der Waals surface area contributed by atoms with Crippen molar-refractivity contribution in [1.29, 1.82) is 0 Å². The Hall–Kier alpha value is -0.790. The first-order valence-corrected chi connectivity index (χ1v) is 5.85. The Labute approximate surface area is 88.2 Å². The number of nitrogens with one attached hydrogen (secondary N) is 1. The van der Waals surface area contributed by atoms with Gasteiger partial charge in [-0.3, -0.25) is 0 Å². The second-order valence-corrected chi connectivity index (χ2v) is 3.30. The molecule has 14 heavy (non-hydrogen) atoms. The summed E-state index contributed by atoms with van der Waals surface area (Å²) >= 11 is 0. The van der Waals surface area contributed by atoms with Crippen molar-refractivity contribution in [2.24, 2.45) is 0 Å². The Kier molecular flexibility index (Phi) is 9.71. The van der Waals surface area contributed by atoms with Crippen LogP contribution in [0.3, 0.4) is 0 Å². The number of nitrogens with zero attached hydrogens (tertiary/aromatic N) is 1. The van der Waals surface area contributed by atoms with Gasteiger partial charge < -0.3 is 4.98 Å². The molecule has 2 rings (SSSR count). The highest BCUT2D eigenvalue weighted by Gasteiger charge is 1.95. The SMILES string of the molecule is C1CCCCC1.CC.Cc1ncc[nH]1. The van der Waals surface area contributed by atoms with Crippen molar-refractivity contribution in [1.82, 2.24) is 9.97 Å². The normalized spacial score (nSPS) is 14.5. The fourth-order valence-electron chi connectivity index (χ4n) is 1.40. The van der Waals surface area contributed by atoms with Crippen LogP contribution in [-0.4, -0.2) is 9.97 Å². The third-order valence-corrected chi connectivity index (χ3v) is 2.13. The standard InChI is InChI=1S/C6H12.C4H6N2.C2H6/c1-2-4-6-5-3-1;1-4-5-2-3-6-4;1-2/h1-6H2;2-3H,1H3,(H,5,6);1-2H3. The molecule has 0 aliphatic heterocycles. The second-order valence-electron chi connectivity index (χ2n) is 3.30. The molecule has 2 nitrogen and oxygen atoms in total. The zero-order valence-corrected chi connectivity index (χ0v) is 9.84. The quantitative estimate of drug-likeness (QED) is 0.665. The number of aromatic amines is 1. The van der Waals surface area contributed by atoms with Gasteiger partial charge in [0.2, 0.25) is 0 Å². The summed E-state index contributed by atoms with van der Waals surface area (Å²) in [7, 11) is 0. The average Bonchev–Trinajstić information content (AvgIpc) is 2.76. The number of hydrogen-bond acceptors (Lipinski definition) is 1. The van der Waals surface area contributed by atoms with Crippen molar-refractivity contribution in [3.05, 3.63) is 18.2 Å². The minimum absolute atomic E-state index is 0.968. The van der Waals surface area contributed by atoms with Crippen molar-refractivity contribution >= 4 is 0 Å². The molecule has 0 bridgehead atoms. The molecule has 0 saturated heterocycles. The molecular formula is C12H24N2. The zero-order valence-electron chi connectivity index (χ0n) is 9.84. The van der Waals surface area contributed by atoms with Gasteiger partial charge in [-0.1, -0.05) is 52.4 Å². The molecule has 1 fully saturated rings. The molecule has 1 aliphatic rings. The summed E-state index contributed by atoms with van der Waals surface area (Å²) in [5, 5.41) is 0. The van der Waals surface area contributed by atoms with Gasteiger partial charge in [0.1, 0.15) is 5.82 Å². The van der Waals surface area contributed by atoms with Gasteiger partial charge >= 0.3 is 0 Å². The van der Waals surface area contributed by atoms with Crippen LogP contribution in [0.5, 0.6) is 0 Å². The molecule has 1 saturated carbocycles. The van der Waals surface area contributed by atoms with Gasteiger partial charge in [0.15, 0.2) is 0 Å². The molecule has 1 N–H and O–H groups in total. The van der Waals surface area contributed by atoms with Crippen molar-refractivity contribution < 1.29 is 0 Å². The highest BCUT2D eigenvalue weighted by Crippen LogP contribution is 2.15. The van der Waals surface area contributed by atoms with E-state index in [4.69, 9.17) is 0 Å². The molecule has 0 atom stereocenters. The van der Waals surface area contributed by atoms with E-state index in [1.54, 1.807) is 12.4 Å². The molecule has 82 valence electrons. The van der Waals surface area contributed by atoms with Gasteiger partial charge in [-0.25, -0.2) is 4.98 Å². The molecule has 0 spiro atoms. The number of imidazole rings is 1. The highest BCUT2D eigenvalue weighted by molar-refractivity contribution is 4.80. The fourth-order valence-corrected chi connectivity index (χ4v) is 1.40. The Bertz CT molecular complexity index is 165. The Morgan fingerprint density at radius 2 is 1.43 bits per heavy atom.